The highest BCUT2D eigenvalue weighted by atomic mass is 16.7. The topological polar surface area (TPSA) is 171 Å². The van der Waals surface area contributed by atoms with Gasteiger partial charge in [-0.25, -0.2) is 0 Å². The number of nitrogens with two attached hydrogens (primary N) is 1. The number of rotatable bonds is 10. The Labute approximate surface area is 127 Å². The van der Waals surface area contributed by atoms with E-state index in [4.69, 9.17) is 15.7 Å². The molecule has 0 aromatic heterocycles. The lowest BCUT2D eigenvalue weighted by Gasteiger charge is -2.26. The van der Waals surface area contributed by atoms with Crippen LogP contribution in [-0.2, 0) is 19.2 Å². The van der Waals surface area contributed by atoms with Gasteiger partial charge in [-0.3, -0.25) is 14.4 Å². The van der Waals surface area contributed by atoms with Crippen LogP contribution >= 0.6 is 0 Å². The number of aldehydes is 1. The molecule has 6 N–H and O–H groups in total. The number of nitrogens with zero attached hydrogens (tertiary/aromatic N) is 1. The van der Waals surface area contributed by atoms with Gasteiger partial charge in [0.05, 0.1) is 6.54 Å². The first kappa shape index (κ1) is 20.6. The number of hydrogen-bond donors (Lipinski definition) is 5. The van der Waals surface area contributed by atoms with Crippen LogP contribution in [0.15, 0.2) is 0 Å². The van der Waals surface area contributed by atoms with Gasteiger partial charge in [-0.2, -0.15) is 5.06 Å². The standard InChI is InChI=1S/C12H22N2O8/c1-2-3-9(18)14(10(19)4-13)22-6-8(17)12(21)11(20)7(16)5-15/h5,7-8,11-12,16-17,20-21H,2-4,6,13H2,1H3/t7-,8+,11+,12+/m0/s1. The Hall–Kier alpha value is -1.43. The maximum atomic E-state index is 11.7. The number of amides is 2. The lowest BCUT2D eigenvalue weighted by atomic mass is 10.0. The van der Waals surface area contributed by atoms with Crippen LogP contribution in [0.3, 0.4) is 0 Å². The molecule has 0 bridgehead atoms. The van der Waals surface area contributed by atoms with Crippen LogP contribution in [0.4, 0.5) is 0 Å². The summed E-state index contributed by atoms with van der Waals surface area (Å²) in [5.41, 5.74) is 5.13. The minimum absolute atomic E-state index is 0.0108. The molecule has 22 heavy (non-hydrogen) atoms. The van der Waals surface area contributed by atoms with Crippen molar-refractivity contribution in [3.63, 3.8) is 0 Å². The molecule has 0 fully saturated rings. The predicted octanol–water partition coefficient (Wildman–Crippen LogP) is -3.33. The van der Waals surface area contributed by atoms with Gasteiger partial charge in [0, 0.05) is 6.42 Å². The molecule has 0 unspecified atom stereocenters. The van der Waals surface area contributed by atoms with Crippen LogP contribution in [-0.4, -0.2) is 81.2 Å². The molecule has 4 atom stereocenters. The third-order valence-corrected chi connectivity index (χ3v) is 2.70. The summed E-state index contributed by atoms with van der Waals surface area (Å²) in [5, 5.41) is 37.9. The number of hydroxylamine groups is 2. The van der Waals surface area contributed by atoms with Gasteiger partial charge >= 0.3 is 0 Å². The molecule has 0 aromatic carbocycles. The second-order valence-electron chi connectivity index (χ2n) is 4.51. The van der Waals surface area contributed by atoms with Crippen LogP contribution in [0.2, 0.25) is 0 Å². The zero-order chi connectivity index (χ0) is 17.3. The van der Waals surface area contributed by atoms with E-state index in [2.05, 4.69) is 0 Å². The maximum absolute atomic E-state index is 11.7. The lowest BCUT2D eigenvalue weighted by Crippen LogP contribution is -2.49. The van der Waals surface area contributed by atoms with Crippen molar-refractivity contribution in [1.82, 2.24) is 5.06 Å². The Morgan fingerprint density at radius 2 is 1.77 bits per heavy atom. The molecule has 0 saturated heterocycles. The molecule has 0 aromatic rings. The Bertz CT molecular complexity index is 378. The second kappa shape index (κ2) is 10.3. The van der Waals surface area contributed by atoms with Crippen LogP contribution in [0, 0.1) is 0 Å². The van der Waals surface area contributed by atoms with E-state index in [0.29, 0.717) is 11.5 Å². The maximum Gasteiger partial charge on any atom is 0.267 e. The summed E-state index contributed by atoms with van der Waals surface area (Å²) < 4.78 is 0. The Balaban J connectivity index is 4.66. The number of aliphatic hydroxyl groups is 4. The molecule has 2 amide bonds. The fourth-order valence-electron chi connectivity index (χ4n) is 1.44. The van der Waals surface area contributed by atoms with E-state index < -0.39 is 49.4 Å². The highest BCUT2D eigenvalue weighted by Gasteiger charge is 2.31. The minimum atomic E-state index is -1.94. The Morgan fingerprint density at radius 3 is 2.23 bits per heavy atom. The molecule has 0 saturated carbocycles. The molecule has 0 aliphatic heterocycles. The average molecular weight is 322 g/mol. The summed E-state index contributed by atoms with van der Waals surface area (Å²) >= 11 is 0. The third kappa shape index (κ3) is 6.13. The van der Waals surface area contributed by atoms with E-state index in [-0.39, 0.29) is 12.7 Å². The van der Waals surface area contributed by atoms with Crippen molar-refractivity contribution in [2.45, 2.75) is 44.2 Å². The minimum Gasteiger partial charge on any atom is -0.388 e. The van der Waals surface area contributed by atoms with Crippen molar-refractivity contribution in [3.8, 4) is 0 Å². The van der Waals surface area contributed by atoms with Gasteiger partial charge in [0.15, 0.2) is 6.29 Å². The summed E-state index contributed by atoms with van der Waals surface area (Å²) in [6.07, 6.45) is -7.07. The monoisotopic (exact) mass is 322 g/mol. The van der Waals surface area contributed by atoms with Crippen molar-refractivity contribution in [2.24, 2.45) is 5.73 Å². The molecule has 0 radical (unpaired) electrons. The third-order valence-electron chi connectivity index (χ3n) is 2.70. The Morgan fingerprint density at radius 1 is 1.18 bits per heavy atom. The van der Waals surface area contributed by atoms with Crippen molar-refractivity contribution in [3.05, 3.63) is 0 Å². The van der Waals surface area contributed by atoms with Crippen LogP contribution in [0.25, 0.3) is 0 Å². The fraction of sp³-hybridized carbons (Fsp3) is 0.750. The van der Waals surface area contributed by atoms with E-state index in [1.807, 2.05) is 0 Å². The van der Waals surface area contributed by atoms with Gasteiger partial charge in [-0.05, 0) is 6.42 Å². The van der Waals surface area contributed by atoms with Crippen LogP contribution < -0.4 is 5.73 Å². The van der Waals surface area contributed by atoms with Crippen molar-refractivity contribution < 1.29 is 39.6 Å². The molecule has 0 spiro atoms. The quantitative estimate of drug-likeness (QED) is 0.204. The van der Waals surface area contributed by atoms with E-state index >= 15 is 0 Å². The van der Waals surface area contributed by atoms with Crippen molar-refractivity contribution in [2.75, 3.05) is 13.2 Å². The first-order chi connectivity index (χ1) is 10.3. The van der Waals surface area contributed by atoms with Crippen LogP contribution in [0.1, 0.15) is 19.8 Å². The second-order valence-corrected chi connectivity index (χ2v) is 4.51. The number of imide groups is 1. The molecule has 128 valence electrons. The molecular formula is C12H22N2O8. The Kier molecular flexibility index (Phi) is 9.65. The molecule has 0 aliphatic rings. The number of carbonyl (C=O) groups is 3. The molecule has 10 nitrogen and oxygen atoms in total. The van der Waals surface area contributed by atoms with Gasteiger partial charge in [-0.1, -0.05) is 6.92 Å². The summed E-state index contributed by atoms with van der Waals surface area (Å²) in [7, 11) is 0. The summed E-state index contributed by atoms with van der Waals surface area (Å²) in [4.78, 5) is 38.2. The van der Waals surface area contributed by atoms with E-state index in [1.54, 1.807) is 6.92 Å². The van der Waals surface area contributed by atoms with Gasteiger partial charge in [0.25, 0.3) is 11.8 Å². The van der Waals surface area contributed by atoms with Crippen LogP contribution in [0.5, 0.6) is 0 Å². The lowest BCUT2D eigenvalue weighted by molar-refractivity contribution is -0.208. The fourth-order valence-corrected chi connectivity index (χ4v) is 1.44. The molecule has 0 rings (SSSR count). The smallest absolute Gasteiger partial charge is 0.267 e. The zero-order valence-electron chi connectivity index (χ0n) is 12.2. The van der Waals surface area contributed by atoms with Gasteiger partial charge < -0.3 is 31.0 Å². The van der Waals surface area contributed by atoms with Crippen molar-refractivity contribution >= 4 is 18.1 Å². The summed E-state index contributed by atoms with van der Waals surface area (Å²) in [6.45, 7) is 0.477. The zero-order valence-corrected chi connectivity index (χ0v) is 12.2. The number of carbonyl (C=O) groups excluding carboxylic acids is 3. The normalized spacial score (nSPS) is 16.5. The molecular weight excluding hydrogens is 300 g/mol. The van der Waals surface area contributed by atoms with Gasteiger partial charge in [-0.15, -0.1) is 0 Å². The number of aliphatic hydroxyl groups excluding tert-OH is 4. The summed E-state index contributed by atoms with van der Waals surface area (Å²) in [5.74, 6) is -1.51. The SMILES string of the molecule is CCCC(=O)N(OC[C@@H](O)[C@@H](O)[C@H](O)[C@@H](O)C=O)C(=O)CN. The van der Waals surface area contributed by atoms with E-state index in [9.17, 15) is 29.7 Å². The van der Waals surface area contributed by atoms with Gasteiger partial charge in [0.2, 0.25) is 0 Å². The predicted molar refractivity (Wildman–Crippen MR) is 71.9 cm³/mol. The van der Waals surface area contributed by atoms with E-state index in [1.165, 1.54) is 0 Å². The van der Waals surface area contributed by atoms with E-state index in [0.717, 1.165) is 0 Å². The number of hydrogen-bond acceptors (Lipinski definition) is 9. The van der Waals surface area contributed by atoms with Gasteiger partial charge in [0.1, 0.15) is 31.0 Å². The molecule has 10 heteroatoms. The van der Waals surface area contributed by atoms with Crippen molar-refractivity contribution in [1.29, 1.82) is 0 Å². The first-order valence-corrected chi connectivity index (χ1v) is 6.66. The summed E-state index contributed by atoms with van der Waals surface area (Å²) in [6, 6.07) is 0. The highest BCUT2D eigenvalue weighted by molar-refractivity contribution is 5.94. The molecule has 0 aliphatic carbocycles. The largest absolute Gasteiger partial charge is 0.388 e. The molecule has 0 heterocycles. The highest BCUT2D eigenvalue weighted by Crippen LogP contribution is 2.07. The first-order valence-electron chi connectivity index (χ1n) is 6.66. The average Bonchev–Trinajstić information content (AvgIpc) is 2.52.